The molecule has 5 nitrogen and oxygen atoms in total. The fourth-order valence-corrected chi connectivity index (χ4v) is 3.82. The van der Waals surface area contributed by atoms with Crippen LogP contribution in [0.25, 0.3) is 0 Å². The number of ether oxygens (including phenoxy) is 1. The lowest BCUT2D eigenvalue weighted by Gasteiger charge is -2.36. The van der Waals surface area contributed by atoms with Crippen LogP contribution in [0.5, 0.6) is 0 Å². The van der Waals surface area contributed by atoms with Crippen LogP contribution in [0, 0.1) is 5.92 Å². The van der Waals surface area contributed by atoms with Gasteiger partial charge in [-0.3, -0.25) is 9.59 Å². The first-order valence-electron chi connectivity index (χ1n) is 8.24. The average Bonchev–Trinajstić information content (AvgIpc) is 2.97. The Morgan fingerprint density at radius 3 is 2.74 bits per heavy atom. The summed E-state index contributed by atoms with van der Waals surface area (Å²) in [6.07, 6.45) is 2.39. The van der Waals surface area contributed by atoms with Crippen molar-refractivity contribution >= 4 is 11.9 Å². The number of amides is 1. The van der Waals surface area contributed by atoms with E-state index in [0.29, 0.717) is 17.5 Å². The molecule has 2 aliphatic heterocycles. The summed E-state index contributed by atoms with van der Waals surface area (Å²) in [7, 11) is 3.48. The van der Waals surface area contributed by atoms with Crippen molar-refractivity contribution < 1.29 is 14.3 Å². The van der Waals surface area contributed by atoms with E-state index in [1.54, 1.807) is 0 Å². The first-order valence-corrected chi connectivity index (χ1v) is 8.24. The lowest BCUT2D eigenvalue weighted by atomic mass is 9.92. The SMILES string of the molecule is COC(=O)Cc1ccccc1C(=O)N1CC[C@@H]2CCN(C)C[C@@H]21. The van der Waals surface area contributed by atoms with Gasteiger partial charge in [-0.1, -0.05) is 18.2 Å². The van der Waals surface area contributed by atoms with Crippen molar-refractivity contribution in [3.63, 3.8) is 0 Å². The van der Waals surface area contributed by atoms with Crippen LogP contribution in [-0.2, 0) is 16.0 Å². The highest BCUT2D eigenvalue weighted by atomic mass is 16.5. The van der Waals surface area contributed by atoms with Crippen molar-refractivity contribution in [2.75, 3.05) is 33.8 Å². The van der Waals surface area contributed by atoms with Gasteiger partial charge in [0, 0.05) is 24.7 Å². The van der Waals surface area contributed by atoms with Gasteiger partial charge in [-0.05, 0) is 44.0 Å². The zero-order valence-corrected chi connectivity index (χ0v) is 13.8. The lowest BCUT2D eigenvalue weighted by Crippen LogP contribution is -2.48. The van der Waals surface area contributed by atoms with Crippen molar-refractivity contribution in [1.82, 2.24) is 9.80 Å². The summed E-state index contributed by atoms with van der Waals surface area (Å²) in [6, 6.07) is 7.67. The van der Waals surface area contributed by atoms with Gasteiger partial charge in [0.25, 0.3) is 5.91 Å². The van der Waals surface area contributed by atoms with Crippen molar-refractivity contribution in [3.8, 4) is 0 Å². The van der Waals surface area contributed by atoms with Gasteiger partial charge in [0.1, 0.15) is 0 Å². The van der Waals surface area contributed by atoms with E-state index in [0.717, 1.165) is 38.0 Å². The zero-order valence-electron chi connectivity index (χ0n) is 13.8. The smallest absolute Gasteiger partial charge is 0.310 e. The first-order chi connectivity index (χ1) is 11.1. The fraction of sp³-hybridized carbons (Fsp3) is 0.556. The van der Waals surface area contributed by atoms with E-state index in [9.17, 15) is 9.59 Å². The van der Waals surface area contributed by atoms with Crippen molar-refractivity contribution in [3.05, 3.63) is 35.4 Å². The number of methoxy groups -OCH3 is 1. The number of benzene rings is 1. The number of esters is 1. The maximum absolute atomic E-state index is 13.1. The van der Waals surface area contributed by atoms with E-state index in [2.05, 4.69) is 11.9 Å². The molecule has 1 aromatic carbocycles. The molecule has 0 aromatic heterocycles. The Balaban J connectivity index is 1.82. The number of carbonyl (C=O) groups is 2. The number of rotatable bonds is 3. The molecule has 23 heavy (non-hydrogen) atoms. The van der Waals surface area contributed by atoms with Crippen LogP contribution in [0.3, 0.4) is 0 Å². The summed E-state index contributed by atoms with van der Waals surface area (Å²) in [6.45, 7) is 2.87. The Morgan fingerprint density at radius 1 is 1.22 bits per heavy atom. The van der Waals surface area contributed by atoms with Crippen LogP contribution >= 0.6 is 0 Å². The first kappa shape index (κ1) is 16.0. The molecule has 2 atom stereocenters. The molecule has 2 aliphatic rings. The van der Waals surface area contributed by atoms with Crippen LogP contribution in [0.4, 0.5) is 0 Å². The zero-order chi connectivity index (χ0) is 16.4. The van der Waals surface area contributed by atoms with E-state index < -0.39 is 0 Å². The Kier molecular flexibility index (Phi) is 4.66. The normalized spacial score (nSPS) is 24.3. The highest BCUT2D eigenvalue weighted by Crippen LogP contribution is 2.32. The fourth-order valence-electron chi connectivity index (χ4n) is 3.82. The number of hydrogen-bond acceptors (Lipinski definition) is 4. The molecule has 0 saturated carbocycles. The minimum Gasteiger partial charge on any atom is -0.469 e. The summed E-state index contributed by atoms with van der Waals surface area (Å²) in [5.41, 5.74) is 1.38. The van der Waals surface area contributed by atoms with Crippen LogP contribution < -0.4 is 0 Å². The van der Waals surface area contributed by atoms with Gasteiger partial charge in [0.05, 0.1) is 13.5 Å². The van der Waals surface area contributed by atoms with Crippen molar-refractivity contribution in [1.29, 1.82) is 0 Å². The monoisotopic (exact) mass is 316 g/mol. The third kappa shape index (κ3) is 3.24. The minimum atomic E-state index is -0.318. The van der Waals surface area contributed by atoms with E-state index >= 15 is 0 Å². The molecule has 1 aromatic rings. The van der Waals surface area contributed by atoms with Crippen LogP contribution in [0.15, 0.2) is 24.3 Å². The standard InChI is InChI=1S/C18H24N2O3/c1-19-9-7-13-8-10-20(16(13)12-19)18(22)15-6-4-3-5-14(15)11-17(21)23-2/h3-6,13,16H,7-12H2,1-2H3/t13-,16-/m0/s1. The number of piperidine rings is 1. The predicted molar refractivity (Wildman–Crippen MR) is 87.2 cm³/mol. The number of carbonyl (C=O) groups excluding carboxylic acids is 2. The summed E-state index contributed by atoms with van der Waals surface area (Å²) < 4.78 is 4.74. The maximum atomic E-state index is 13.1. The molecule has 0 spiro atoms. The second-order valence-electron chi connectivity index (χ2n) is 6.58. The molecule has 0 N–H and O–H groups in total. The largest absolute Gasteiger partial charge is 0.469 e. The van der Waals surface area contributed by atoms with E-state index in [1.807, 2.05) is 29.2 Å². The number of likely N-dealkylation sites (tertiary alicyclic amines) is 2. The predicted octanol–water partition coefficient (Wildman–Crippen LogP) is 1.57. The number of fused-ring (bicyclic) bond motifs is 1. The molecule has 0 unspecified atom stereocenters. The quantitative estimate of drug-likeness (QED) is 0.794. The topological polar surface area (TPSA) is 49.9 Å². The number of hydrogen-bond donors (Lipinski definition) is 0. The second-order valence-corrected chi connectivity index (χ2v) is 6.58. The molecule has 0 radical (unpaired) electrons. The Labute approximate surface area is 137 Å². The summed E-state index contributed by atoms with van der Waals surface area (Å²) in [4.78, 5) is 29.0. The van der Waals surface area contributed by atoms with Gasteiger partial charge in [0.15, 0.2) is 0 Å². The third-order valence-corrected chi connectivity index (χ3v) is 5.14. The van der Waals surface area contributed by atoms with Crippen LogP contribution in [0.2, 0.25) is 0 Å². The van der Waals surface area contributed by atoms with Gasteiger partial charge in [-0.25, -0.2) is 0 Å². The Morgan fingerprint density at radius 2 is 1.96 bits per heavy atom. The molecule has 3 rings (SSSR count). The van der Waals surface area contributed by atoms with E-state index in [-0.39, 0.29) is 18.3 Å². The molecule has 2 saturated heterocycles. The van der Waals surface area contributed by atoms with Gasteiger partial charge >= 0.3 is 5.97 Å². The molecule has 0 aliphatic carbocycles. The molecular formula is C18H24N2O3. The van der Waals surface area contributed by atoms with Gasteiger partial charge < -0.3 is 14.5 Å². The minimum absolute atomic E-state index is 0.0484. The van der Waals surface area contributed by atoms with Crippen molar-refractivity contribution in [2.45, 2.75) is 25.3 Å². The van der Waals surface area contributed by atoms with Crippen LogP contribution in [-0.4, -0.2) is 61.5 Å². The molecule has 1 amide bonds. The molecule has 0 bridgehead atoms. The second kappa shape index (κ2) is 6.71. The summed E-state index contributed by atoms with van der Waals surface area (Å²) in [5.74, 6) is 0.345. The molecular weight excluding hydrogens is 292 g/mol. The lowest BCUT2D eigenvalue weighted by molar-refractivity contribution is -0.139. The molecule has 2 fully saturated rings. The molecule has 5 heteroatoms. The van der Waals surface area contributed by atoms with Crippen molar-refractivity contribution in [2.24, 2.45) is 5.92 Å². The van der Waals surface area contributed by atoms with E-state index in [1.165, 1.54) is 7.11 Å². The Hall–Kier alpha value is -1.88. The van der Waals surface area contributed by atoms with Crippen LogP contribution in [0.1, 0.15) is 28.8 Å². The van der Waals surface area contributed by atoms with E-state index in [4.69, 9.17) is 4.74 Å². The van der Waals surface area contributed by atoms with Gasteiger partial charge in [-0.15, -0.1) is 0 Å². The average molecular weight is 316 g/mol. The van der Waals surface area contributed by atoms with Gasteiger partial charge in [-0.2, -0.15) is 0 Å². The highest BCUT2D eigenvalue weighted by molar-refractivity contribution is 5.97. The highest BCUT2D eigenvalue weighted by Gasteiger charge is 2.40. The number of likely N-dealkylation sites (N-methyl/N-ethyl adjacent to an activating group) is 1. The number of nitrogens with zero attached hydrogens (tertiary/aromatic N) is 2. The molecule has 2 heterocycles. The Bertz CT molecular complexity index is 602. The third-order valence-electron chi connectivity index (χ3n) is 5.14. The summed E-state index contributed by atoms with van der Waals surface area (Å²) >= 11 is 0. The maximum Gasteiger partial charge on any atom is 0.310 e. The summed E-state index contributed by atoms with van der Waals surface area (Å²) in [5, 5.41) is 0. The van der Waals surface area contributed by atoms with Gasteiger partial charge in [0.2, 0.25) is 0 Å². The molecule has 124 valence electrons.